The minimum atomic E-state index is -0.689. The summed E-state index contributed by atoms with van der Waals surface area (Å²) in [6.45, 7) is 7.53. The Morgan fingerprint density at radius 3 is 2.48 bits per heavy atom. The highest BCUT2D eigenvalue weighted by Crippen LogP contribution is 2.57. The zero-order valence-electron chi connectivity index (χ0n) is 14.2. The quantitative estimate of drug-likeness (QED) is 0.862. The summed E-state index contributed by atoms with van der Waals surface area (Å²) >= 11 is 0. The van der Waals surface area contributed by atoms with E-state index in [1.807, 2.05) is 20.8 Å². The lowest BCUT2D eigenvalue weighted by molar-refractivity contribution is -0.127. The maximum Gasteiger partial charge on any atom is 0.186 e. The number of rotatable bonds is 1. The smallest absolute Gasteiger partial charge is 0.186 e. The maximum absolute atomic E-state index is 12.7. The van der Waals surface area contributed by atoms with Crippen LogP contribution in [0.25, 0.3) is 0 Å². The zero-order valence-corrected chi connectivity index (χ0v) is 14.2. The van der Waals surface area contributed by atoms with Gasteiger partial charge in [-0.3, -0.25) is 9.59 Å². The van der Waals surface area contributed by atoms with Crippen molar-refractivity contribution in [3.05, 3.63) is 34.4 Å². The number of phenols is 1. The van der Waals surface area contributed by atoms with Gasteiger partial charge in [0.2, 0.25) is 0 Å². The van der Waals surface area contributed by atoms with E-state index in [-0.39, 0.29) is 17.3 Å². The van der Waals surface area contributed by atoms with Crippen LogP contribution in [0.5, 0.6) is 11.5 Å². The van der Waals surface area contributed by atoms with Gasteiger partial charge < -0.3 is 9.84 Å². The van der Waals surface area contributed by atoms with E-state index in [1.165, 1.54) is 7.11 Å². The number of hydrogen-bond acceptors (Lipinski definition) is 4. The number of allylic oxidation sites excluding steroid dienone is 2. The number of fused-ring (bicyclic) bond motifs is 3. The standard InChI is InChI=1S/C19H22O4/c1-10-8-11-12(20)9-13-18(2,3)14(21)6-7-19(13,4)15(11)17(23-5)16(10)22/h8-9,22H,6-7H2,1-5H3/t19-/m1/s1. The molecule has 122 valence electrons. The molecule has 4 heteroatoms. The first kappa shape index (κ1) is 15.8. The predicted molar refractivity (Wildman–Crippen MR) is 87.2 cm³/mol. The second-order valence-corrected chi connectivity index (χ2v) is 7.30. The molecule has 0 bridgehead atoms. The van der Waals surface area contributed by atoms with Crippen molar-refractivity contribution in [2.75, 3.05) is 7.11 Å². The van der Waals surface area contributed by atoms with Crippen LogP contribution in [0.15, 0.2) is 17.7 Å². The fraction of sp³-hybridized carbons (Fsp3) is 0.474. The van der Waals surface area contributed by atoms with Crippen LogP contribution < -0.4 is 4.74 Å². The van der Waals surface area contributed by atoms with Crippen molar-refractivity contribution in [2.45, 2.75) is 46.0 Å². The number of hydrogen-bond donors (Lipinski definition) is 1. The third-order valence-electron chi connectivity index (χ3n) is 5.56. The molecule has 0 radical (unpaired) electrons. The van der Waals surface area contributed by atoms with Gasteiger partial charge in [-0.05, 0) is 50.5 Å². The van der Waals surface area contributed by atoms with Gasteiger partial charge >= 0.3 is 0 Å². The zero-order chi connectivity index (χ0) is 17.2. The normalized spacial score (nSPS) is 25.5. The van der Waals surface area contributed by atoms with Crippen molar-refractivity contribution in [1.29, 1.82) is 0 Å². The van der Waals surface area contributed by atoms with Crippen molar-refractivity contribution in [2.24, 2.45) is 5.41 Å². The van der Waals surface area contributed by atoms with Crippen LogP contribution in [0.1, 0.15) is 55.1 Å². The van der Waals surface area contributed by atoms with E-state index >= 15 is 0 Å². The first-order valence-corrected chi connectivity index (χ1v) is 7.86. The number of aryl methyl sites for hydroxylation is 1. The molecular weight excluding hydrogens is 292 g/mol. The molecule has 0 spiro atoms. The molecule has 0 aliphatic heterocycles. The largest absolute Gasteiger partial charge is 0.504 e. The van der Waals surface area contributed by atoms with Gasteiger partial charge in [-0.15, -0.1) is 0 Å². The van der Waals surface area contributed by atoms with Crippen molar-refractivity contribution in [1.82, 2.24) is 0 Å². The van der Waals surface area contributed by atoms with Crippen molar-refractivity contribution >= 4 is 11.6 Å². The summed E-state index contributed by atoms with van der Waals surface area (Å²) in [6, 6.07) is 1.72. The lowest BCUT2D eigenvalue weighted by Crippen LogP contribution is -2.46. The molecule has 1 saturated carbocycles. The monoisotopic (exact) mass is 314 g/mol. The fourth-order valence-corrected chi connectivity index (χ4v) is 4.18. The molecule has 2 aliphatic carbocycles. The summed E-state index contributed by atoms with van der Waals surface area (Å²) in [6.07, 6.45) is 2.68. The molecule has 4 nitrogen and oxygen atoms in total. The van der Waals surface area contributed by atoms with Crippen LogP contribution in [0.2, 0.25) is 0 Å². The Bertz CT molecular complexity index is 770. The molecule has 0 unspecified atom stereocenters. The molecule has 1 aromatic rings. The molecule has 1 atom stereocenters. The first-order chi connectivity index (χ1) is 10.6. The summed E-state index contributed by atoms with van der Waals surface area (Å²) in [7, 11) is 1.50. The Hall–Kier alpha value is -2.10. The average Bonchev–Trinajstić information content (AvgIpc) is 2.49. The lowest BCUT2D eigenvalue weighted by atomic mass is 9.54. The number of benzene rings is 1. The van der Waals surface area contributed by atoms with E-state index < -0.39 is 10.8 Å². The van der Waals surface area contributed by atoms with E-state index in [2.05, 4.69) is 0 Å². The molecule has 3 rings (SSSR count). The molecule has 0 heterocycles. The highest BCUT2D eigenvalue weighted by atomic mass is 16.5. The van der Waals surface area contributed by atoms with Gasteiger partial charge in [-0.1, -0.05) is 6.92 Å². The van der Waals surface area contributed by atoms with Crippen LogP contribution in [0.3, 0.4) is 0 Å². The summed E-state index contributed by atoms with van der Waals surface area (Å²) in [5, 5.41) is 10.4. The van der Waals surface area contributed by atoms with Gasteiger partial charge in [0.05, 0.1) is 7.11 Å². The first-order valence-electron chi connectivity index (χ1n) is 7.86. The third kappa shape index (κ3) is 1.90. The number of carbonyl (C=O) groups is 2. The molecule has 0 amide bonds. The van der Waals surface area contributed by atoms with E-state index in [9.17, 15) is 14.7 Å². The number of carbonyl (C=O) groups excluding carboxylic acids is 2. The number of aromatic hydroxyl groups is 1. The molecule has 1 fully saturated rings. The van der Waals surface area contributed by atoms with E-state index in [4.69, 9.17) is 4.74 Å². The van der Waals surface area contributed by atoms with Crippen LogP contribution in [-0.4, -0.2) is 23.8 Å². The molecule has 0 saturated heterocycles. The molecular formula is C19H22O4. The highest BCUT2D eigenvalue weighted by Gasteiger charge is 2.52. The second kappa shape index (κ2) is 4.70. The number of Topliss-reactive ketones (excluding diaryl/α,β-unsaturated/α-hetero) is 1. The van der Waals surface area contributed by atoms with E-state index in [1.54, 1.807) is 19.1 Å². The Kier molecular flexibility index (Phi) is 3.22. The minimum Gasteiger partial charge on any atom is -0.504 e. The lowest BCUT2D eigenvalue weighted by Gasteiger charge is -2.48. The van der Waals surface area contributed by atoms with Crippen molar-refractivity contribution in [3.8, 4) is 11.5 Å². The van der Waals surface area contributed by atoms with Crippen molar-refractivity contribution < 1.29 is 19.4 Å². The van der Waals surface area contributed by atoms with Crippen LogP contribution in [0, 0.1) is 12.3 Å². The van der Waals surface area contributed by atoms with Gasteiger partial charge in [-0.2, -0.15) is 0 Å². The number of phenolic OH excluding ortho intramolecular Hbond substituents is 1. The molecule has 23 heavy (non-hydrogen) atoms. The Balaban J connectivity index is 2.38. The summed E-state index contributed by atoms with van der Waals surface area (Å²) in [5.74, 6) is 0.437. The fourth-order valence-electron chi connectivity index (χ4n) is 4.18. The number of ketones is 2. The summed E-state index contributed by atoms with van der Waals surface area (Å²) in [4.78, 5) is 25.1. The van der Waals surface area contributed by atoms with E-state index in [0.717, 1.165) is 5.57 Å². The molecule has 1 aromatic carbocycles. The van der Waals surface area contributed by atoms with Gasteiger partial charge in [0, 0.05) is 28.4 Å². The minimum absolute atomic E-state index is 0.0660. The Morgan fingerprint density at radius 1 is 1.22 bits per heavy atom. The number of ether oxygens (including phenoxy) is 1. The highest BCUT2D eigenvalue weighted by molar-refractivity contribution is 6.10. The topological polar surface area (TPSA) is 63.6 Å². The average molecular weight is 314 g/mol. The second-order valence-electron chi connectivity index (χ2n) is 7.30. The summed E-state index contributed by atoms with van der Waals surface area (Å²) < 4.78 is 5.47. The molecule has 0 aromatic heterocycles. The summed E-state index contributed by atoms with van der Waals surface area (Å²) in [5.41, 5.74) is 1.53. The van der Waals surface area contributed by atoms with Crippen LogP contribution >= 0.6 is 0 Å². The molecule has 2 aliphatic rings. The molecule has 1 N–H and O–H groups in total. The van der Waals surface area contributed by atoms with Crippen molar-refractivity contribution in [3.63, 3.8) is 0 Å². The van der Waals surface area contributed by atoms with Gasteiger partial charge in [0.1, 0.15) is 5.78 Å². The third-order valence-corrected chi connectivity index (χ3v) is 5.56. The van der Waals surface area contributed by atoms with Gasteiger partial charge in [0.15, 0.2) is 17.3 Å². The predicted octanol–water partition coefficient (Wildman–Crippen LogP) is 3.48. The maximum atomic E-state index is 12.7. The Labute approximate surface area is 136 Å². The van der Waals surface area contributed by atoms with Crippen LogP contribution in [0.4, 0.5) is 0 Å². The Morgan fingerprint density at radius 2 is 1.87 bits per heavy atom. The van der Waals surface area contributed by atoms with Crippen LogP contribution in [-0.2, 0) is 10.2 Å². The SMILES string of the molecule is COc1c(O)c(C)cc2c1[C@]1(C)CCC(=O)C(C)(C)C1=CC2=O. The number of methoxy groups -OCH3 is 1. The van der Waals surface area contributed by atoms with E-state index in [0.29, 0.717) is 35.3 Å². The van der Waals surface area contributed by atoms with Gasteiger partial charge in [-0.25, -0.2) is 0 Å². The van der Waals surface area contributed by atoms with Gasteiger partial charge in [0.25, 0.3) is 0 Å².